The monoisotopic (exact) mass is 145 g/mol. The van der Waals surface area contributed by atoms with Crippen molar-refractivity contribution in [3.8, 4) is 0 Å². The molecule has 0 saturated carbocycles. The average Bonchev–Trinajstić information content (AvgIpc) is 1.85. The highest BCUT2D eigenvalue weighted by Crippen LogP contribution is 2.11. The predicted molar refractivity (Wildman–Crippen MR) is 43.7 cm³/mol. The summed E-state index contributed by atoms with van der Waals surface area (Å²) < 4.78 is 0. The summed E-state index contributed by atoms with van der Waals surface area (Å²) in [6, 6.07) is 0. The van der Waals surface area contributed by atoms with Crippen LogP contribution in [0, 0.1) is 17.0 Å². The second-order valence-electron chi connectivity index (χ2n) is 3.27. The molecule has 10 heavy (non-hydrogen) atoms. The van der Waals surface area contributed by atoms with Gasteiger partial charge in [-0.3, -0.25) is 0 Å². The van der Waals surface area contributed by atoms with Gasteiger partial charge in [-0.1, -0.05) is 27.2 Å². The Bertz CT molecular complexity index is 83.3. The first-order valence-electron chi connectivity index (χ1n) is 4.07. The molecule has 0 aromatic heterocycles. The van der Waals surface area contributed by atoms with Gasteiger partial charge in [-0.25, -0.2) is 0 Å². The highest BCUT2D eigenvalue weighted by molar-refractivity contribution is 4.57. The number of quaternary nitrogens is 1. The Labute approximate surface area is 63.8 Å². The summed E-state index contributed by atoms with van der Waals surface area (Å²) in [6.07, 6.45) is 1.18. The fourth-order valence-electron chi connectivity index (χ4n) is 1.06. The van der Waals surface area contributed by atoms with Crippen molar-refractivity contribution in [1.29, 1.82) is 0 Å². The van der Waals surface area contributed by atoms with E-state index in [1.807, 2.05) is 0 Å². The highest BCUT2D eigenvalue weighted by Gasteiger charge is 2.11. The number of hydrogen-bond acceptors (Lipinski definition) is 1. The zero-order valence-corrected chi connectivity index (χ0v) is 7.48. The van der Waals surface area contributed by atoms with Crippen molar-refractivity contribution in [2.24, 2.45) is 11.8 Å². The summed E-state index contributed by atoms with van der Waals surface area (Å²) in [5.41, 5.74) is 0. The molecule has 0 amide bonds. The smallest absolute Gasteiger partial charge is 0.0794 e. The SMILES string of the molecule is CCC(C)[C@@H](C)C[NH+](C)[O-]. The van der Waals surface area contributed by atoms with Gasteiger partial charge in [0.25, 0.3) is 0 Å². The van der Waals surface area contributed by atoms with Crippen LogP contribution >= 0.6 is 0 Å². The molecule has 2 heteroatoms. The summed E-state index contributed by atoms with van der Waals surface area (Å²) in [6.45, 7) is 7.26. The summed E-state index contributed by atoms with van der Waals surface area (Å²) >= 11 is 0. The Kier molecular flexibility index (Phi) is 4.65. The lowest BCUT2D eigenvalue weighted by atomic mass is 9.94. The quantitative estimate of drug-likeness (QED) is 0.579. The highest BCUT2D eigenvalue weighted by atomic mass is 16.5. The Morgan fingerprint density at radius 2 is 1.80 bits per heavy atom. The Morgan fingerprint density at radius 1 is 1.30 bits per heavy atom. The molecule has 0 spiro atoms. The Balaban J connectivity index is 3.50. The molecule has 0 bridgehead atoms. The topological polar surface area (TPSA) is 27.5 Å². The van der Waals surface area contributed by atoms with Crippen LogP contribution in [-0.4, -0.2) is 13.6 Å². The van der Waals surface area contributed by atoms with E-state index >= 15 is 0 Å². The molecule has 0 rings (SSSR count). The van der Waals surface area contributed by atoms with Crippen molar-refractivity contribution in [1.82, 2.24) is 0 Å². The van der Waals surface area contributed by atoms with E-state index < -0.39 is 0 Å². The van der Waals surface area contributed by atoms with Gasteiger partial charge in [0, 0.05) is 5.92 Å². The van der Waals surface area contributed by atoms with E-state index in [1.165, 1.54) is 6.42 Å². The molecule has 2 unspecified atom stereocenters. The Morgan fingerprint density at radius 3 is 2.10 bits per heavy atom. The molecule has 0 fully saturated rings. The molecule has 2 nitrogen and oxygen atoms in total. The van der Waals surface area contributed by atoms with E-state index in [-0.39, 0.29) is 0 Å². The lowest BCUT2D eigenvalue weighted by molar-refractivity contribution is -0.830. The van der Waals surface area contributed by atoms with Crippen molar-refractivity contribution < 1.29 is 5.06 Å². The number of rotatable bonds is 4. The number of hydrogen-bond donors (Lipinski definition) is 1. The van der Waals surface area contributed by atoms with E-state index in [0.717, 1.165) is 6.54 Å². The van der Waals surface area contributed by atoms with Crippen LogP contribution in [0.2, 0.25) is 0 Å². The van der Waals surface area contributed by atoms with Crippen molar-refractivity contribution in [3.63, 3.8) is 0 Å². The van der Waals surface area contributed by atoms with Crippen LogP contribution in [0.3, 0.4) is 0 Å². The van der Waals surface area contributed by atoms with Gasteiger partial charge in [-0.2, -0.15) is 0 Å². The van der Waals surface area contributed by atoms with E-state index in [1.54, 1.807) is 7.05 Å². The molecule has 0 saturated heterocycles. The van der Waals surface area contributed by atoms with Gasteiger partial charge in [-0.15, -0.1) is 0 Å². The van der Waals surface area contributed by atoms with E-state index in [0.29, 0.717) is 16.9 Å². The second kappa shape index (κ2) is 4.69. The van der Waals surface area contributed by atoms with E-state index in [2.05, 4.69) is 20.8 Å². The molecule has 0 radical (unpaired) electrons. The lowest BCUT2D eigenvalue weighted by Gasteiger charge is -2.24. The van der Waals surface area contributed by atoms with Gasteiger partial charge in [0.1, 0.15) is 0 Å². The predicted octanol–water partition coefficient (Wildman–Crippen LogP) is 0.681. The summed E-state index contributed by atoms with van der Waals surface area (Å²) in [7, 11) is 1.67. The van der Waals surface area contributed by atoms with E-state index in [4.69, 9.17) is 0 Å². The third-order valence-electron chi connectivity index (χ3n) is 2.22. The second-order valence-corrected chi connectivity index (χ2v) is 3.27. The van der Waals surface area contributed by atoms with Crippen LogP contribution in [0.15, 0.2) is 0 Å². The summed E-state index contributed by atoms with van der Waals surface area (Å²) in [5, 5.41) is 11.0. The van der Waals surface area contributed by atoms with Gasteiger partial charge < -0.3 is 10.3 Å². The van der Waals surface area contributed by atoms with Crippen LogP contribution in [0.5, 0.6) is 0 Å². The summed E-state index contributed by atoms with van der Waals surface area (Å²) in [5.74, 6) is 1.24. The fraction of sp³-hybridized carbons (Fsp3) is 1.00. The molecule has 0 heterocycles. The molecule has 0 aromatic carbocycles. The minimum absolute atomic E-state index is 0.313. The average molecular weight is 145 g/mol. The van der Waals surface area contributed by atoms with Gasteiger partial charge in [0.05, 0.1) is 13.6 Å². The summed E-state index contributed by atoms with van der Waals surface area (Å²) in [4.78, 5) is 0. The number of nitrogens with one attached hydrogen (secondary N) is 1. The maximum absolute atomic E-state index is 10.7. The molecule has 0 aromatic rings. The molecule has 0 aliphatic heterocycles. The van der Waals surface area contributed by atoms with Gasteiger partial charge in [-0.05, 0) is 5.92 Å². The lowest BCUT2D eigenvalue weighted by Crippen LogP contribution is -3.04. The zero-order chi connectivity index (χ0) is 8.15. The fourth-order valence-corrected chi connectivity index (χ4v) is 1.06. The van der Waals surface area contributed by atoms with E-state index in [9.17, 15) is 5.21 Å². The third-order valence-corrected chi connectivity index (χ3v) is 2.22. The maximum Gasteiger partial charge on any atom is 0.0794 e. The maximum atomic E-state index is 10.7. The van der Waals surface area contributed by atoms with Crippen LogP contribution in [0.25, 0.3) is 0 Å². The van der Waals surface area contributed by atoms with Crippen LogP contribution < -0.4 is 5.06 Å². The van der Waals surface area contributed by atoms with Crippen molar-refractivity contribution in [3.05, 3.63) is 5.21 Å². The molecular weight excluding hydrogens is 126 g/mol. The zero-order valence-electron chi connectivity index (χ0n) is 7.48. The van der Waals surface area contributed by atoms with Crippen molar-refractivity contribution in [2.75, 3.05) is 13.6 Å². The van der Waals surface area contributed by atoms with Gasteiger partial charge >= 0.3 is 0 Å². The molecule has 0 aliphatic rings. The van der Waals surface area contributed by atoms with Gasteiger partial charge in [0.2, 0.25) is 0 Å². The molecule has 3 atom stereocenters. The number of hydroxylamine groups is 2. The molecule has 1 N–H and O–H groups in total. The van der Waals surface area contributed by atoms with Crippen LogP contribution in [-0.2, 0) is 0 Å². The minimum Gasteiger partial charge on any atom is -0.634 e. The largest absolute Gasteiger partial charge is 0.634 e. The van der Waals surface area contributed by atoms with Gasteiger partial charge in [0.15, 0.2) is 0 Å². The molecule has 0 aliphatic carbocycles. The van der Waals surface area contributed by atoms with Crippen molar-refractivity contribution >= 4 is 0 Å². The van der Waals surface area contributed by atoms with Crippen LogP contribution in [0.1, 0.15) is 27.2 Å². The molecule has 62 valence electrons. The molecular formula is C8H19NO. The standard InChI is InChI=1S/C8H19NO/c1-5-7(2)8(3)6-9(4)10/h7-9H,5-6H2,1-4H3/t7?,8-/m0/s1. The Hall–Kier alpha value is -0.0800. The first-order chi connectivity index (χ1) is 4.57. The minimum atomic E-state index is 0.313. The van der Waals surface area contributed by atoms with Crippen molar-refractivity contribution in [2.45, 2.75) is 27.2 Å². The first-order valence-corrected chi connectivity index (χ1v) is 4.07. The normalized spacial score (nSPS) is 20.1. The van der Waals surface area contributed by atoms with Crippen LogP contribution in [0.4, 0.5) is 0 Å². The first kappa shape index (κ1) is 9.92. The third kappa shape index (κ3) is 3.85.